The molecule has 1 heterocycles. The van der Waals surface area contributed by atoms with E-state index in [-0.39, 0.29) is 18.9 Å². The van der Waals surface area contributed by atoms with E-state index in [1.807, 2.05) is 18.2 Å². The van der Waals surface area contributed by atoms with E-state index in [4.69, 9.17) is 0 Å². The van der Waals surface area contributed by atoms with Gasteiger partial charge in [0, 0.05) is 25.9 Å². The van der Waals surface area contributed by atoms with E-state index >= 15 is 0 Å². The maximum absolute atomic E-state index is 13.4. The number of benzene rings is 1. The lowest BCUT2D eigenvalue weighted by Gasteiger charge is -2.39. The van der Waals surface area contributed by atoms with E-state index in [9.17, 15) is 8.78 Å². The first-order chi connectivity index (χ1) is 9.41. The molecule has 1 atom stereocenters. The molecule has 0 N–H and O–H groups in total. The summed E-state index contributed by atoms with van der Waals surface area (Å²) in [6.07, 6.45) is -0.108. The third kappa shape index (κ3) is 3.45. The van der Waals surface area contributed by atoms with Gasteiger partial charge in [0.1, 0.15) is 0 Å². The third-order valence-corrected chi connectivity index (χ3v) is 4.10. The average molecular weight is 279 g/mol. The van der Waals surface area contributed by atoms with Crippen LogP contribution < -0.4 is 0 Å². The lowest BCUT2D eigenvalue weighted by Crippen LogP contribution is -2.42. The molecule has 2 rings (SSSR count). The van der Waals surface area contributed by atoms with Gasteiger partial charge >= 0.3 is 0 Å². The average Bonchev–Trinajstić information content (AvgIpc) is 2.42. The van der Waals surface area contributed by atoms with Crippen molar-refractivity contribution in [2.45, 2.75) is 38.7 Å². The summed E-state index contributed by atoms with van der Waals surface area (Å²) >= 11 is 0. The summed E-state index contributed by atoms with van der Waals surface area (Å²) in [5.41, 5.74) is 2.25. The summed E-state index contributed by atoms with van der Waals surface area (Å²) in [4.78, 5) is 2.15. The first kappa shape index (κ1) is 15.2. The van der Waals surface area contributed by atoms with E-state index in [2.05, 4.69) is 37.5 Å². The van der Waals surface area contributed by atoms with Crippen molar-refractivity contribution in [3.63, 3.8) is 0 Å². The van der Waals surface area contributed by atoms with Gasteiger partial charge < -0.3 is 0 Å². The molecule has 0 bridgehead atoms. The summed E-state index contributed by atoms with van der Waals surface area (Å²) in [6, 6.07) is 10.1. The van der Waals surface area contributed by atoms with Crippen LogP contribution in [0.1, 0.15) is 38.3 Å². The topological polar surface area (TPSA) is 3.24 Å². The monoisotopic (exact) mass is 279 g/mol. The van der Waals surface area contributed by atoms with Crippen molar-refractivity contribution >= 4 is 0 Å². The molecule has 1 nitrogen and oxygen atoms in total. The maximum Gasteiger partial charge on any atom is 0.250 e. The van der Waals surface area contributed by atoms with Gasteiger partial charge in [-0.15, -0.1) is 0 Å². The van der Waals surface area contributed by atoms with Crippen LogP contribution in [-0.2, 0) is 0 Å². The molecule has 0 saturated carbocycles. The molecule has 20 heavy (non-hydrogen) atoms. The molecule has 1 aliphatic rings. The van der Waals surface area contributed by atoms with Crippen LogP contribution >= 0.6 is 0 Å². The number of halogens is 2. The van der Waals surface area contributed by atoms with Crippen LogP contribution in [0.3, 0.4) is 0 Å². The smallest absolute Gasteiger partial charge is 0.250 e. The second kappa shape index (κ2) is 6.04. The number of hydrogen-bond donors (Lipinski definition) is 0. The number of likely N-dealkylation sites (tertiary alicyclic amines) is 1. The zero-order chi connectivity index (χ0) is 14.8. The van der Waals surface area contributed by atoms with Crippen LogP contribution in [0.4, 0.5) is 8.78 Å². The van der Waals surface area contributed by atoms with Crippen molar-refractivity contribution in [1.82, 2.24) is 4.90 Å². The summed E-state index contributed by atoms with van der Waals surface area (Å²) in [6.45, 7) is 9.29. The fourth-order valence-corrected chi connectivity index (χ4v) is 2.72. The molecule has 1 aromatic carbocycles. The molecule has 0 aliphatic carbocycles. The summed E-state index contributed by atoms with van der Waals surface area (Å²) in [5, 5.41) is 0. The van der Waals surface area contributed by atoms with Crippen LogP contribution in [0.2, 0.25) is 0 Å². The molecule has 1 fully saturated rings. The van der Waals surface area contributed by atoms with E-state index in [1.54, 1.807) is 0 Å². The SMILES string of the molecule is C=C(C(C)C)C(c1ccccc1)N1CCC(F)(F)CC1. The van der Waals surface area contributed by atoms with Gasteiger partial charge in [0.15, 0.2) is 0 Å². The second-order valence-electron chi connectivity index (χ2n) is 5.93. The predicted molar refractivity (Wildman–Crippen MR) is 78.9 cm³/mol. The molecule has 0 aromatic heterocycles. The van der Waals surface area contributed by atoms with E-state index in [1.165, 1.54) is 0 Å². The van der Waals surface area contributed by atoms with Gasteiger partial charge in [-0.25, -0.2) is 8.78 Å². The Bertz CT molecular complexity index is 443. The molecular formula is C17H23F2N. The van der Waals surface area contributed by atoms with Gasteiger partial charge in [-0.1, -0.05) is 56.3 Å². The van der Waals surface area contributed by atoms with Crippen molar-refractivity contribution in [3.05, 3.63) is 48.0 Å². The highest BCUT2D eigenvalue weighted by Gasteiger charge is 2.37. The maximum atomic E-state index is 13.4. The van der Waals surface area contributed by atoms with Gasteiger partial charge in [-0.3, -0.25) is 4.90 Å². The highest BCUT2D eigenvalue weighted by Crippen LogP contribution is 2.37. The Balaban J connectivity index is 2.22. The lowest BCUT2D eigenvalue weighted by molar-refractivity contribution is -0.0611. The molecular weight excluding hydrogens is 256 g/mol. The first-order valence-electron chi connectivity index (χ1n) is 7.26. The Morgan fingerprint density at radius 3 is 2.20 bits per heavy atom. The van der Waals surface area contributed by atoms with Gasteiger partial charge in [0.25, 0.3) is 5.92 Å². The molecule has 1 aromatic rings. The fourth-order valence-electron chi connectivity index (χ4n) is 2.72. The van der Waals surface area contributed by atoms with Gasteiger partial charge in [0.05, 0.1) is 6.04 Å². The van der Waals surface area contributed by atoms with Gasteiger partial charge in [-0.05, 0) is 11.5 Å². The van der Waals surface area contributed by atoms with Crippen LogP contribution in [-0.4, -0.2) is 23.9 Å². The molecule has 3 heteroatoms. The summed E-state index contributed by atoms with van der Waals surface area (Å²) in [7, 11) is 0. The Morgan fingerprint density at radius 1 is 1.15 bits per heavy atom. The normalized spacial score (nSPS) is 20.9. The van der Waals surface area contributed by atoms with Crippen LogP contribution in [0, 0.1) is 5.92 Å². The van der Waals surface area contributed by atoms with Crippen molar-refractivity contribution in [2.75, 3.05) is 13.1 Å². The number of piperidine rings is 1. The minimum atomic E-state index is -2.50. The van der Waals surface area contributed by atoms with Gasteiger partial charge in [0.2, 0.25) is 0 Å². The van der Waals surface area contributed by atoms with E-state index in [0.717, 1.165) is 11.1 Å². The van der Waals surface area contributed by atoms with Crippen LogP contribution in [0.15, 0.2) is 42.5 Å². The Labute approximate surface area is 120 Å². The van der Waals surface area contributed by atoms with Crippen LogP contribution in [0.25, 0.3) is 0 Å². The molecule has 0 radical (unpaired) electrons. The first-order valence-corrected chi connectivity index (χ1v) is 7.26. The minimum absolute atomic E-state index is 0.0484. The second-order valence-corrected chi connectivity index (χ2v) is 5.93. The fraction of sp³-hybridized carbons (Fsp3) is 0.529. The number of hydrogen-bond acceptors (Lipinski definition) is 1. The molecule has 0 spiro atoms. The molecule has 1 saturated heterocycles. The molecule has 1 aliphatic heterocycles. The molecule has 0 amide bonds. The Morgan fingerprint density at radius 2 is 1.70 bits per heavy atom. The van der Waals surface area contributed by atoms with Crippen molar-refractivity contribution in [1.29, 1.82) is 0 Å². The van der Waals surface area contributed by atoms with Crippen LogP contribution in [0.5, 0.6) is 0 Å². The Kier molecular flexibility index (Phi) is 4.59. The summed E-state index contributed by atoms with van der Waals surface area (Å²) < 4.78 is 26.7. The highest BCUT2D eigenvalue weighted by atomic mass is 19.3. The molecule has 1 unspecified atom stereocenters. The van der Waals surface area contributed by atoms with E-state index < -0.39 is 5.92 Å². The van der Waals surface area contributed by atoms with Crippen molar-refractivity contribution in [2.24, 2.45) is 5.92 Å². The minimum Gasteiger partial charge on any atom is -0.292 e. The zero-order valence-corrected chi connectivity index (χ0v) is 12.3. The van der Waals surface area contributed by atoms with Gasteiger partial charge in [-0.2, -0.15) is 0 Å². The number of rotatable bonds is 4. The molecule has 110 valence electrons. The van der Waals surface area contributed by atoms with Crippen molar-refractivity contribution < 1.29 is 8.78 Å². The lowest BCUT2D eigenvalue weighted by atomic mass is 9.89. The standard InChI is InChI=1S/C17H23F2N/c1-13(2)14(3)16(15-7-5-4-6-8-15)20-11-9-17(18,19)10-12-20/h4-8,13,16H,3,9-12H2,1-2H3. The zero-order valence-electron chi connectivity index (χ0n) is 12.3. The number of alkyl halides is 2. The number of nitrogens with zero attached hydrogens (tertiary/aromatic N) is 1. The predicted octanol–water partition coefficient (Wildman–Crippen LogP) is 4.67. The largest absolute Gasteiger partial charge is 0.292 e. The van der Waals surface area contributed by atoms with E-state index in [0.29, 0.717) is 19.0 Å². The third-order valence-electron chi connectivity index (χ3n) is 4.10. The highest BCUT2D eigenvalue weighted by molar-refractivity contribution is 5.28. The quantitative estimate of drug-likeness (QED) is 0.724. The summed E-state index contributed by atoms with van der Waals surface area (Å²) in [5.74, 6) is -2.17. The van der Waals surface area contributed by atoms with Crippen molar-refractivity contribution in [3.8, 4) is 0 Å². The Hall–Kier alpha value is -1.22.